The van der Waals surface area contributed by atoms with E-state index in [1.54, 1.807) is 6.07 Å². The molecule has 1 heterocycles. The number of hydrogen-bond acceptors (Lipinski definition) is 4. The minimum Gasteiger partial charge on any atom is -0.211 e. The molecule has 0 saturated carbocycles. The SMILES string of the molecule is CC(C#N)S(=O)(=O)NCc1cc(Br)cs1. The van der Waals surface area contributed by atoms with Crippen LogP contribution in [0.1, 0.15) is 11.8 Å². The van der Waals surface area contributed by atoms with Crippen LogP contribution in [0.3, 0.4) is 0 Å². The van der Waals surface area contributed by atoms with Crippen molar-refractivity contribution in [1.29, 1.82) is 5.26 Å². The van der Waals surface area contributed by atoms with Crippen molar-refractivity contribution in [3.05, 3.63) is 20.8 Å². The van der Waals surface area contributed by atoms with Crippen LogP contribution in [0, 0.1) is 11.3 Å². The van der Waals surface area contributed by atoms with Crippen molar-refractivity contribution in [2.24, 2.45) is 0 Å². The standard InChI is InChI=1S/C8H9BrN2O2S2/c1-6(3-10)15(12,13)11-4-8-2-7(9)5-14-8/h2,5-6,11H,4H2,1H3. The summed E-state index contributed by atoms with van der Waals surface area (Å²) in [5.41, 5.74) is 0. The van der Waals surface area contributed by atoms with Gasteiger partial charge in [-0.3, -0.25) is 0 Å². The molecule has 1 rings (SSSR count). The van der Waals surface area contributed by atoms with Gasteiger partial charge in [-0.15, -0.1) is 11.3 Å². The molecule has 0 aromatic carbocycles. The predicted molar refractivity (Wildman–Crippen MR) is 62.9 cm³/mol. The third kappa shape index (κ3) is 3.57. The number of nitriles is 1. The van der Waals surface area contributed by atoms with Gasteiger partial charge >= 0.3 is 0 Å². The van der Waals surface area contributed by atoms with Crippen LogP contribution in [0.4, 0.5) is 0 Å². The van der Waals surface area contributed by atoms with Crippen LogP contribution in [0.5, 0.6) is 0 Å². The van der Waals surface area contributed by atoms with Crippen LogP contribution in [0.15, 0.2) is 15.9 Å². The third-order valence-corrected chi connectivity index (χ3v) is 5.00. The number of nitrogens with zero attached hydrogens (tertiary/aromatic N) is 1. The van der Waals surface area contributed by atoms with Crippen molar-refractivity contribution in [2.45, 2.75) is 18.7 Å². The molecule has 1 unspecified atom stereocenters. The summed E-state index contributed by atoms with van der Waals surface area (Å²) < 4.78 is 26.1. The van der Waals surface area contributed by atoms with E-state index in [1.807, 2.05) is 11.4 Å². The van der Waals surface area contributed by atoms with Gasteiger partial charge in [-0.25, -0.2) is 13.1 Å². The van der Waals surface area contributed by atoms with Crippen LogP contribution in [-0.4, -0.2) is 13.7 Å². The average molecular weight is 309 g/mol. The Bertz CT molecular complexity index is 475. The van der Waals surface area contributed by atoms with Crippen LogP contribution in [-0.2, 0) is 16.6 Å². The molecule has 0 spiro atoms. The molecule has 0 aliphatic heterocycles. The Morgan fingerprint density at radius 3 is 2.87 bits per heavy atom. The van der Waals surface area contributed by atoms with Gasteiger partial charge in [0.15, 0.2) is 5.25 Å². The minimum absolute atomic E-state index is 0.227. The fraction of sp³-hybridized carbons (Fsp3) is 0.375. The lowest BCUT2D eigenvalue weighted by molar-refractivity contribution is 0.577. The van der Waals surface area contributed by atoms with E-state index in [4.69, 9.17) is 5.26 Å². The molecule has 0 fully saturated rings. The fourth-order valence-electron chi connectivity index (χ4n) is 0.813. The summed E-state index contributed by atoms with van der Waals surface area (Å²) in [5, 5.41) is 9.34. The second-order valence-corrected chi connectivity index (χ2v) is 6.87. The molecule has 0 bridgehead atoms. The van der Waals surface area contributed by atoms with Crippen molar-refractivity contribution in [2.75, 3.05) is 0 Å². The zero-order valence-electron chi connectivity index (χ0n) is 7.90. The van der Waals surface area contributed by atoms with Crippen LogP contribution < -0.4 is 4.72 Å². The maximum Gasteiger partial charge on any atom is 0.228 e. The number of sulfonamides is 1. The summed E-state index contributed by atoms with van der Waals surface area (Å²) in [5.74, 6) is 0. The summed E-state index contributed by atoms with van der Waals surface area (Å²) in [6, 6.07) is 3.53. The highest BCUT2D eigenvalue weighted by molar-refractivity contribution is 9.10. The number of thiophene rings is 1. The summed E-state index contributed by atoms with van der Waals surface area (Å²) in [7, 11) is -3.52. The van der Waals surface area contributed by atoms with Crippen molar-refractivity contribution in [3.8, 4) is 6.07 Å². The lowest BCUT2D eigenvalue weighted by Crippen LogP contribution is -2.30. The second kappa shape index (κ2) is 5.07. The highest BCUT2D eigenvalue weighted by Gasteiger charge is 2.19. The van der Waals surface area contributed by atoms with Gasteiger partial charge in [0.2, 0.25) is 10.0 Å². The highest BCUT2D eigenvalue weighted by Crippen LogP contribution is 2.19. The van der Waals surface area contributed by atoms with Gasteiger partial charge in [0.1, 0.15) is 0 Å². The topological polar surface area (TPSA) is 70.0 Å². The molecular weight excluding hydrogens is 300 g/mol. The van der Waals surface area contributed by atoms with Crippen LogP contribution in [0.25, 0.3) is 0 Å². The molecule has 82 valence electrons. The molecule has 15 heavy (non-hydrogen) atoms. The summed E-state index contributed by atoms with van der Waals surface area (Å²) in [6.45, 7) is 1.58. The van der Waals surface area contributed by atoms with E-state index in [9.17, 15) is 8.42 Å². The summed E-state index contributed by atoms with van der Waals surface area (Å²) in [4.78, 5) is 0.899. The van der Waals surface area contributed by atoms with Gasteiger partial charge in [0.25, 0.3) is 0 Å². The largest absolute Gasteiger partial charge is 0.228 e. The number of nitrogens with one attached hydrogen (secondary N) is 1. The van der Waals surface area contributed by atoms with Crippen molar-refractivity contribution in [1.82, 2.24) is 4.72 Å². The zero-order valence-corrected chi connectivity index (χ0v) is 11.1. The molecule has 1 aromatic heterocycles. The zero-order chi connectivity index (χ0) is 11.5. The predicted octanol–water partition coefficient (Wildman–Crippen LogP) is 1.84. The smallest absolute Gasteiger partial charge is 0.211 e. The van der Waals surface area contributed by atoms with E-state index in [-0.39, 0.29) is 6.54 Å². The van der Waals surface area contributed by atoms with Gasteiger partial charge in [-0.05, 0) is 28.9 Å². The Morgan fingerprint density at radius 2 is 2.40 bits per heavy atom. The minimum atomic E-state index is -3.52. The highest BCUT2D eigenvalue weighted by atomic mass is 79.9. The van der Waals surface area contributed by atoms with Gasteiger partial charge < -0.3 is 0 Å². The van der Waals surface area contributed by atoms with E-state index in [1.165, 1.54) is 18.3 Å². The molecule has 7 heteroatoms. The number of halogens is 1. The van der Waals surface area contributed by atoms with Gasteiger partial charge in [-0.1, -0.05) is 0 Å². The molecule has 1 aromatic rings. The van der Waals surface area contributed by atoms with Gasteiger partial charge in [0.05, 0.1) is 6.07 Å². The molecule has 1 N–H and O–H groups in total. The molecule has 0 aliphatic carbocycles. The van der Waals surface area contributed by atoms with E-state index in [2.05, 4.69) is 20.7 Å². The third-order valence-electron chi connectivity index (χ3n) is 1.72. The summed E-state index contributed by atoms with van der Waals surface area (Å²) in [6.07, 6.45) is 0. The number of rotatable bonds is 4. The van der Waals surface area contributed by atoms with Crippen molar-refractivity contribution >= 4 is 37.3 Å². The summed E-state index contributed by atoms with van der Waals surface area (Å²) >= 11 is 4.73. The molecule has 0 aliphatic rings. The van der Waals surface area contributed by atoms with E-state index >= 15 is 0 Å². The first-order valence-electron chi connectivity index (χ1n) is 4.06. The molecule has 1 atom stereocenters. The number of hydrogen-bond donors (Lipinski definition) is 1. The first kappa shape index (κ1) is 12.6. The van der Waals surface area contributed by atoms with Crippen molar-refractivity contribution in [3.63, 3.8) is 0 Å². The normalized spacial score (nSPS) is 13.4. The van der Waals surface area contributed by atoms with Crippen LogP contribution in [0.2, 0.25) is 0 Å². The monoisotopic (exact) mass is 308 g/mol. The second-order valence-electron chi connectivity index (χ2n) is 2.87. The lowest BCUT2D eigenvalue weighted by atomic mass is 10.5. The quantitative estimate of drug-likeness (QED) is 0.922. The molecule has 0 amide bonds. The fourth-order valence-corrected chi connectivity index (χ4v) is 3.04. The van der Waals surface area contributed by atoms with Crippen molar-refractivity contribution < 1.29 is 8.42 Å². The van der Waals surface area contributed by atoms with E-state index in [0.29, 0.717) is 0 Å². The Balaban J connectivity index is 2.62. The Morgan fingerprint density at radius 1 is 1.73 bits per heavy atom. The van der Waals surface area contributed by atoms with Crippen LogP contribution >= 0.6 is 27.3 Å². The molecule has 4 nitrogen and oxygen atoms in total. The Labute approximate surface area is 101 Å². The molecule has 0 saturated heterocycles. The van der Waals surface area contributed by atoms with Gasteiger partial charge in [0, 0.05) is 21.3 Å². The average Bonchev–Trinajstić information content (AvgIpc) is 2.60. The Hall–Kier alpha value is -0.420. The maximum absolute atomic E-state index is 11.4. The van der Waals surface area contributed by atoms with E-state index < -0.39 is 15.3 Å². The first-order chi connectivity index (χ1) is 6.95. The maximum atomic E-state index is 11.4. The van der Waals surface area contributed by atoms with E-state index in [0.717, 1.165) is 9.35 Å². The van der Waals surface area contributed by atoms with Gasteiger partial charge in [-0.2, -0.15) is 5.26 Å². The lowest BCUT2D eigenvalue weighted by Gasteiger charge is -2.05. The molecule has 0 radical (unpaired) electrons. The Kier molecular flexibility index (Phi) is 4.28. The first-order valence-corrected chi connectivity index (χ1v) is 7.28. The molecular formula is C8H9BrN2O2S2.